The average molecular weight is 571 g/mol. The highest BCUT2D eigenvalue weighted by Crippen LogP contribution is 2.13. The SMILES string of the molecule is CCCN(CCC)CCCN=C(NCC)N1CCN(S(=O)(=O)Cc2ccon2)CC1.I. The second-order valence-corrected chi connectivity index (χ2v) is 9.53. The summed E-state index contributed by atoms with van der Waals surface area (Å²) in [5, 5.41) is 7.07. The van der Waals surface area contributed by atoms with Crippen LogP contribution in [0.5, 0.6) is 0 Å². The Labute approximate surface area is 204 Å². The first-order chi connectivity index (χ1) is 14.5. The summed E-state index contributed by atoms with van der Waals surface area (Å²) in [4.78, 5) is 9.45. The second kappa shape index (κ2) is 15.0. The Kier molecular flexibility index (Phi) is 13.6. The molecule has 31 heavy (non-hydrogen) atoms. The molecular weight excluding hydrogens is 531 g/mol. The van der Waals surface area contributed by atoms with Crippen molar-refractivity contribution in [3.8, 4) is 0 Å². The zero-order valence-electron chi connectivity index (χ0n) is 19.1. The molecule has 0 unspecified atom stereocenters. The number of nitrogens with zero attached hydrogens (tertiary/aromatic N) is 5. The van der Waals surface area contributed by atoms with Crippen molar-refractivity contribution in [1.29, 1.82) is 0 Å². The third kappa shape index (κ3) is 9.62. The van der Waals surface area contributed by atoms with E-state index >= 15 is 0 Å². The Hall–Kier alpha value is -0.920. The largest absolute Gasteiger partial charge is 0.364 e. The third-order valence-electron chi connectivity index (χ3n) is 5.06. The van der Waals surface area contributed by atoms with Gasteiger partial charge in [-0.15, -0.1) is 24.0 Å². The molecule has 0 spiro atoms. The predicted molar refractivity (Wildman–Crippen MR) is 135 cm³/mol. The van der Waals surface area contributed by atoms with Gasteiger partial charge in [0.2, 0.25) is 10.0 Å². The maximum absolute atomic E-state index is 12.6. The predicted octanol–water partition coefficient (Wildman–Crippen LogP) is 2.22. The van der Waals surface area contributed by atoms with Crippen LogP contribution >= 0.6 is 24.0 Å². The fourth-order valence-corrected chi connectivity index (χ4v) is 5.07. The lowest BCUT2D eigenvalue weighted by Gasteiger charge is -2.35. The lowest BCUT2D eigenvalue weighted by Crippen LogP contribution is -2.54. The van der Waals surface area contributed by atoms with Crippen LogP contribution in [0.4, 0.5) is 0 Å². The minimum atomic E-state index is -3.39. The first-order valence-electron chi connectivity index (χ1n) is 11.1. The van der Waals surface area contributed by atoms with Crippen LogP contribution in [0.2, 0.25) is 0 Å². The zero-order valence-corrected chi connectivity index (χ0v) is 22.3. The van der Waals surface area contributed by atoms with Gasteiger partial charge in [-0.25, -0.2) is 8.42 Å². The Balaban J connectivity index is 0.00000480. The number of nitrogens with one attached hydrogen (secondary N) is 1. The molecule has 11 heteroatoms. The normalized spacial score (nSPS) is 15.9. The summed E-state index contributed by atoms with van der Waals surface area (Å²) >= 11 is 0. The minimum absolute atomic E-state index is 0. The van der Waals surface area contributed by atoms with Crippen LogP contribution in [0, 0.1) is 0 Å². The van der Waals surface area contributed by atoms with Crippen molar-refractivity contribution in [2.75, 3.05) is 58.9 Å². The molecule has 0 aliphatic carbocycles. The van der Waals surface area contributed by atoms with Crippen molar-refractivity contribution >= 4 is 40.0 Å². The molecule has 2 heterocycles. The van der Waals surface area contributed by atoms with E-state index in [9.17, 15) is 8.42 Å². The smallest absolute Gasteiger partial charge is 0.220 e. The Morgan fingerprint density at radius 2 is 1.84 bits per heavy atom. The van der Waals surface area contributed by atoms with E-state index in [0.717, 1.165) is 45.1 Å². The molecule has 2 rings (SSSR count). The van der Waals surface area contributed by atoms with Gasteiger partial charge < -0.3 is 19.6 Å². The molecule has 1 saturated heterocycles. The van der Waals surface area contributed by atoms with Crippen LogP contribution in [-0.4, -0.2) is 92.5 Å². The fraction of sp³-hybridized carbons (Fsp3) is 0.800. The number of aliphatic imine (C=N–C) groups is 1. The highest BCUT2D eigenvalue weighted by Gasteiger charge is 2.28. The lowest BCUT2D eigenvalue weighted by molar-refractivity contribution is 0.258. The molecule has 0 aromatic carbocycles. The van der Waals surface area contributed by atoms with Gasteiger partial charge in [-0.1, -0.05) is 19.0 Å². The van der Waals surface area contributed by atoms with E-state index in [-0.39, 0.29) is 29.7 Å². The zero-order chi connectivity index (χ0) is 21.8. The van der Waals surface area contributed by atoms with E-state index in [4.69, 9.17) is 9.52 Å². The van der Waals surface area contributed by atoms with E-state index in [2.05, 4.69) is 41.0 Å². The van der Waals surface area contributed by atoms with Crippen LogP contribution < -0.4 is 5.32 Å². The summed E-state index contributed by atoms with van der Waals surface area (Å²) in [5.41, 5.74) is 0.438. The van der Waals surface area contributed by atoms with Crippen molar-refractivity contribution in [2.24, 2.45) is 4.99 Å². The van der Waals surface area contributed by atoms with E-state index in [1.165, 1.54) is 23.4 Å². The van der Waals surface area contributed by atoms with E-state index in [1.54, 1.807) is 6.07 Å². The number of halogens is 1. The highest BCUT2D eigenvalue weighted by molar-refractivity contribution is 14.0. The summed E-state index contributed by atoms with van der Waals surface area (Å²) in [5.74, 6) is 0.757. The summed E-state index contributed by atoms with van der Waals surface area (Å²) in [6.07, 6.45) is 4.78. The molecule has 1 aliphatic rings. The van der Waals surface area contributed by atoms with Gasteiger partial charge in [-0.2, -0.15) is 4.31 Å². The van der Waals surface area contributed by atoms with E-state index in [1.807, 2.05) is 0 Å². The molecule has 1 fully saturated rings. The first-order valence-corrected chi connectivity index (χ1v) is 12.7. The minimum Gasteiger partial charge on any atom is -0.364 e. The van der Waals surface area contributed by atoms with Crippen LogP contribution in [-0.2, 0) is 15.8 Å². The first kappa shape index (κ1) is 28.1. The molecule has 0 atom stereocenters. The number of rotatable bonds is 12. The van der Waals surface area contributed by atoms with Crippen molar-refractivity contribution in [3.05, 3.63) is 18.0 Å². The maximum Gasteiger partial charge on any atom is 0.220 e. The van der Waals surface area contributed by atoms with Crippen LogP contribution in [0.15, 0.2) is 21.8 Å². The van der Waals surface area contributed by atoms with Gasteiger partial charge in [0.05, 0.1) is 5.69 Å². The van der Waals surface area contributed by atoms with Gasteiger partial charge in [0.25, 0.3) is 0 Å². The molecule has 1 aliphatic heterocycles. The van der Waals surface area contributed by atoms with E-state index in [0.29, 0.717) is 31.9 Å². The highest BCUT2D eigenvalue weighted by atomic mass is 127. The Morgan fingerprint density at radius 3 is 2.39 bits per heavy atom. The number of sulfonamides is 1. The topological polar surface area (TPSA) is 94.3 Å². The van der Waals surface area contributed by atoms with Gasteiger partial charge in [0, 0.05) is 45.3 Å². The van der Waals surface area contributed by atoms with Gasteiger partial charge in [-0.3, -0.25) is 4.99 Å². The third-order valence-corrected chi connectivity index (χ3v) is 6.87. The number of guanidine groups is 1. The van der Waals surface area contributed by atoms with Crippen molar-refractivity contribution in [3.63, 3.8) is 0 Å². The summed E-state index contributed by atoms with van der Waals surface area (Å²) < 4.78 is 31.5. The molecule has 0 radical (unpaired) electrons. The molecule has 0 saturated carbocycles. The summed E-state index contributed by atoms with van der Waals surface area (Å²) in [6.45, 7) is 13.6. The quantitative estimate of drug-likeness (QED) is 0.178. The molecule has 0 bridgehead atoms. The van der Waals surface area contributed by atoms with Crippen molar-refractivity contribution in [1.82, 2.24) is 24.6 Å². The average Bonchev–Trinajstić information content (AvgIpc) is 3.23. The monoisotopic (exact) mass is 570 g/mol. The van der Waals surface area contributed by atoms with Crippen LogP contribution in [0.3, 0.4) is 0 Å². The Morgan fingerprint density at radius 1 is 1.16 bits per heavy atom. The number of aromatic nitrogens is 1. The van der Waals surface area contributed by atoms with Gasteiger partial charge in [-0.05, 0) is 45.8 Å². The summed E-state index contributed by atoms with van der Waals surface area (Å²) in [6, 6.07) is 1.59. The molecule has 9 nitrogen and oxygen atoms in total. The number of piperazine rings is 1. The van der Waals surface area contributed by atoms with Gasteiger partial charge in [0.15, 0.2) is 5.96 Å². The van der Waals surface area contributed by atoms with Crippen molar-refractivity contribution in [2.45, 2.75) is 45.8 Å². The van der Waals surface area contributed by atoms with Gasteiger partial charge in [0.1, 0.15) is 12.0 Å². The molecule has 180 valence electrons. The maximum atomic E-state index is 12.6. The molecule has 1 N–H and O–H groups in total. The van der Waals surface area contributed by atoms with Crippen LogP contribution in [0.1, 0.15) is 45.7 Å². The molecule has 1 aromatic heterocycles. The lowest BCUT2D eigenvalue weighted by atomic mass is 10.3. The fourth-order valence-electron chi connectivity index (χ4n) is 3.64. The second-order valence-electron chi connectivity index (χ2n) is 7.56. The standard InChI is InChI=1S/C20H38N6O3S.HI/c1-4-10-24(11-5-2)12-7-9-22-20(21-6-3)25-13-15-26(16-14-25)30(27,28)18-19-8-17-29-23-19;/h8,17H,4-7,9-16,18H2,1-3H3,(H,21,22);1H. The van der Waals surface area contributed by atoms with E-state index < -0.39 is 10.0 Å². The number of hydrogen-bond donors (Lipinski definition) is 1. The molecular formula is C20H39IN6O3S. The summed E-state index contributed by atoms with van der Waals surface area (Å²) in [7, 11) is -3.39. The van der Waals surface area contributed by atoms with Crippen LogP contribution in [0.25, 0.3) is 0 Å². The Bertz CT molecular complexity index is 715. The molecule has 0 amide bonds. The molecule has 1 aromatic rings. The van der Waals surface area contributed by atoms with Crippen molar-refractivity contribution < 1.29 is 12.9 Å². The number of hydrogen-bond acceptors (Lipinski definition) is 6. The van der Waals surface area contributed by atoms with Gasteiger partial charge >= 0.3 is 0 Å².